The number of amides is 1. The average Bonchev–Trinajstić information content (AvgIpc) is 2.59. The predicted octanol–water partition coefficient (Wildman–Crippen LogP) is 3.93. The molecular formula is C21H27NO6. The lowest BCUT2D eigenvalue weighted by Gasteiger charge is -2.22. The highest BCUT2D eigenvalue weighted by atomic mass is 16.6. The molecule has 7 heteroatoms. The molecule has 0 unspecified atom stereocenters. The number of ether oxygens (including phenoxy) is 2. The van der Waals surface area contributed by atoms with Crippen LogP contribution in [-0.2, 0) is 9.53 Å². The molecule has 7 nitrogen and oxygen atoms in total. The van der Waals surface area contributed by atoms with Gasteiger partial charge in [0.15, 0.2) is 0 Å². The summed E-state index contributed by atoms with van der Waals surface area (Å²) >= 11 is 0. The van der Waals surface area contributed by atoms with Gasteiger partial charge in [-0.1, -0.05) is 6.92 Å². The zero-order valence-corrected chi connectivity index (χ0v) is 17.4. The molecule has 1 N–H and O–H groups in total. The number of alkyl carbamates (subject to hydrolysis) is 1. The van der Waals surface area contributed by atoms with E-state index in [2.05, 4.69) is 5.32 Å². The smallest absolute Gasteiger partial charge is 0.408 e. The van der Waals surface area contributed by atoms with Crippen molar-refractivity contribution in [1.82, 2.24) is 5.32 Å². The fourth-order valence-electron chi connectivity index (χ4n) is 2.69. The second kappa shape index (κ2) is 8.04. The Kier molecular flexibility index (Phi) is 6.17. The van der Waals surface area contributed by atoms with E-state index in [1.165, 1.54) is 0 Å². The molecule has 0 aliphatic carbocycles. The van der Waals surface area contributed by atoms with Gasteiger partial charge in [0.1, 0.15) is 23.0 Å². The van der Waals surface area contributed by atoms with Gasteiger partial charge in [0, 0.05) is 16.5 Å². The number of aryl methyl sites for hydroxylation is 2. The molecule has 0 aliphatic rings. The van der Waals surface area contributed by atoms with E-state index in [1.807, 2.05) is 6.92 Å². The summed E-state index contributed by atoms with van der Waals surface area (Å²) in [6, 6.07) is 2.54. The lowest BCUT2D eigenvalue weighted by atomic mass is 10.0. The van der Waals surface area contributed by atoms with Crippen molar-refractivity contribution >= 4 is 23.0 Å². The van der Waals surface area contributed by atoms with Crippen LogP contribution in [0.15, 0.2) is 21.3 Å². The van der Waals surface area contributed by atoms with Crippen molar-refractivity contribution in [1.29, 1.82) is 0 Å². The van der Waals surface area contributed by atoms with Gasteiger partial charge in [-0.05, 0) is 65.7 Å². The van der Waals surface area contributed by atoms with Gasteiger partial charge in [-0.3, -0.25) is 0 Å². The van der Waals surface area contributed by atoms with Gasteiger partial charge in [-0.15, -0.1) is 0 Å². The summed E-state index contributed by atoms with van der Waals surface area (Å²) in [4.78, 5) is 36.5. The van der Waals surface area contributed by atoms with E-state index in [0.29, 0.717) is 23.1 Å². The van der Waals surface area contributed by atoms with E-state index in [1.54, 1.807) is 53.7 Å². The maximum Gasteiger partial charge on any atom is 0.408 e. The molecule has 0 fully saturated rings. The summed E-state index contributed by atoms with van der Waals surface area (Å²) in [7, 11) is 0. The molecule has 1 heterocycles. The molecule has 0 saturated heterocycles. The molecule has 152 valence electrons. The second-order valence-electron chi connectivity index (χ2n) is 7.73. The second-order valence-corrected chi connectivity index (χ2v) is 7.73. The fourth-order valence-corrected chi connectivity index (χ4v) is 2.69. The topological polar surface area (TPSA) is 94.8 Å². The number of carbonyl (C=O) groups is 2. The van der Waals surface area contributed by atoms with Crippen LogP contribution in [0, 0.1) is 20.8 Å². The Bertz CT molecular complexity index is 967. The lowest BCUT2D eigenvalue weighted by Crippen LogP contribution is -2.44. The standard InChI is InChI=1S/C21H27NO6/c1-8-15(22-20(25)28-21(5,6)7)19(24)26-16-10-9-14-11(2)12(3)18(23)27-17(14)13(16)4/h9-10,15H,8H2,1-7H3,(H,22,25)/t15-/m1/s1. The molecule has 1 aromatic heterocycles. The van der Waals surface area contributed by atoms with Crippen molar-refractivity contribution in [2.45, 2.75) is 66.5 Å². The lowest BCUT2D eigenvalue weighted by molar-refractivity contribution is -0.136. The van der Waals surface area contributed by atoms with Crippen LogP contribution in [0.1, 0.15) is 50.8 Å². The molecule has 0 spiro atoms. The Morgan fingerprint density at radius 1 is 1.11 bits per heavy atom. The fraction of sp³-hybridized carbons (Fsp3) is 0.476. The quantitative estimate of drug-likeness (QED) is 0.484. The van der Waals surface area contributed by atoms with Crippen molar-refractivity contribution in [3.8, 4) is 5.75 Å². The molecule has 2 rings (SSSR count). The molecule has 0 saturated carbocycles. The zero-order chi connectivity index (χ0) is 21.2. The maximum absolute atomic E-state index is 12.5. The van der Waals surface area contributed by atoms with Gasteiger partial charge < -0.3 is 19.2 Å². The van der Waals surface area contributed by atoms with Gasteiger partial charge in [-0.2, -0.15) is 0 Å². The normalized spacial score (nSPS) is 12.5. The number of benzene rings is 1. The number of carbonyl (C=O) groups excluding carboxylic acids is 2. The van der Waals surface area contributed by atoms with E-state index in [9.17, 15) is 14.4 Å². The van der Waals surface area contributed by atoms with Crippen LogP contribution in [-0.4, -0.2) is 23.7 Å². The molecule has 28 heavy (non-hydrogen) atoms. The van der Waals surface area contributed by atoms with Crippen LogP contribution in [0.2, 0.25) is 0 Å². The Balaban J connectivity index is 2.26. The Labute approximate surface area is 164 Å². The number of rotatable bonds is 4. The number of esters is 1. The van der Waals surface area contributed by atoms with Crippen molar-refractivity contribution < 1.29 is 23.5 Å². The first-order valence-corrected chi connectivity index (χ1v) is 9.19. The van der Waals surface area contributed by atoms with E-state index >= 15 is 0 Å². The molecule has 1 amide bonds. The average molecular weight is 389 g/mol. The minimum atomic E-state index is -0.864. The largest absolute Gasteiger partial charge is 0.444 e. The molecule has 1 atom stereocenters. The van der Waals surface area contributed by atoms with Gasteiger partial charge >= 0.3 is 17.7 Å². The summed E-state index contributed by atoms with van der Waals surface area (Å²) in [5.74, 6) is -0.352. The van der Waals surface area contributed by atoms with Crippen LogP contribution < -0.4 is 15.7 Å². The van der Waals surface area contributed by atoms with Gasteiger partial charge in [0.05, 0.1) is 0 Å². The van der Waals surface area contributed by atoms with Crippen molar-refractivity contribution in [2.75, 3.05) is 0 Å². The van der Waals surface area contributed by atoms with Gasteiger partial charge in [0.25, 0.3) is 0 Å². The monoisotopic (exact) mass is 389 g/mol. The molecule has 2 aromatic rings. The minimum absolute atomic E-state index is 0.272. The third-order valence-corrected chi connectivity index (χ3v) is 4.42. The number of hydrogen-bond donors (Lipinski definition) is 1. The molecule has 1 aromatic carbocycles. The summed E-state index contributed by atoms with van der Waals surface area (Å²) in [5.41, 5.74) is 1.20. The minimum Gasteiger partial charge on any atom is -0.444 e. The first-order chi connectivity index (χ1) is 12.9. The van der Waals surface area contributed by atoms with Crippen LogP contribution in [0.3, 0.4) is 0 Å². The summed E-state index contributed by atoms with van der Waals surface area (Å²) in [6.45, 7) is 12.2. The summed E-state index contributed by atoms with van der Waals surface area (Å²) < 4.78 is 16.1. The van der Waals surface area contributed by atoms with E-state index in [-0.39, 0.29) is 5.75 Å². The van der Waals surface area contributed by atoms with Crippen LogP contribution in [0.4, 0.5) is 4.79 Å². The number of fused-ring (bicyclic) bond motifs is 1. The summed E-state index contributed by atoms with van der Waals surface area (Å²) in [5, 5.41) is 3.30. The summed E-state index contributed by atoms with van der Waals surface area (Å²) in [6.07, 6.45) is -0.360. The third kappa shape index (κ3) is 4.71. The molecule has 0 aliphatic heterocycles. The highest BCUT2D eigenvalue weighted by Gasteiger charge is 2.25. The van der Waals surface area contributed by atoms with Gasteiger partial charge in [0.2, 0.25) is 0 Å². The van der Waals surface area contributed by atoms with Crippen molar-refractivity contribution in [2.24, 2.45) is 0 Å². The number of hydrogen-bond acceptors (Lipinski definition) is 6. The third-order valence-electron chi connectivity index (χ3n) is 4.42. The molecule has 0 radical (unpaired) electrons. The first-order valence-electron chi connectivity index (χ1n) is 9.19. The van der Waals surface area contributed by atoms with Crippen LogP contribution in [0.5, 0.6) is 5.75 Å². The maximum atomic E-state index is 12.5. The van der Waals surface area contributed by atoms with Gasteiger partial charge in [-0.25, -0.2) is 14.4 Å². The predicted molar refractivity (Wildman–Crippen MR) is 106 cm³/mol. The number of nitrogens with one attached hydrogen (secondary N) is 1. The van der Waals surface area contributed by atoms with E-state index < -0.39 is 29.3 Å². The SMILES string of the molecule is CC[C@@H](NC(=O)OC(C)(C)C)C(=O)Oc1ccc2c(C)c(C)c(=O)oc2c1C. The van der Waals surface area contributed by atoms with E-state index in [0.717, 1.165) is 10.9 Å². The highest BCUT2D eigenvalue weighted by molar-refractivity contribution is 5.88. The van der Waals surface area contributed by atoms with E-state index in [4.69, 9.17) is 13.9 Å². The molecule has 0 bridgehead atoms. The van der Waals surface area contributed by atoms with Crippen molar-refractivity contribution in [3.63, 3.8) is 0 Å². The Morgan fingerprint density at radius 3 is 2.32 bits per heavy atom. The van der Waals surface area contributed by atoms with Crippen LogP contribution >= 0.6 is 0 Å². The highest BCUT2D eigenvalue weighted by Crippen LogP contribution is 2.29. The molecular weight excluding hydrogens is 362 g/mol. The Hall–Kier alpha value is -2.83. The zero-order valence-electron chi connectivity index (χ0n) is 17.4. The van der Waals surface area contributed by atoms with Crippen LogP contribution in [0.25, 0.3) is 11.0 Å². The first kappa shape index (κ1) is 21.5. The van der Waals surface area contributed by atoms with Crippen molar-refractivity contribution in [3.05, 3.63) is 39.2 Å². The Morgan fingerprint density at radius 2 is 1.75 bits per heavy atom.